The van der Waals surface area contributed by atoms with Crippen molar-refractivity contribution < 1.29 is 4.74 Å². The van der Waals surface area contributed by atoms with Gasteiger partial charge in [0, 0.05) is 0 Å². The maximum atomic E-state index is 5.28. The predicted octanol–water partition coefficient (Wildman–Crippen LogP) is 6.82. The van der Waals surface area contributed by atoms with Gasteiger partial charge in [-0.15, -0.1) is 0 Å². The summed E-state index contributed by atoms with van der Waals surface area (Å²) in [7, 11) is 1.70. The molecule has 0 aliphatic carbocycles. The molecule has 0 aliphatic heterocycles. The molecule has 1 nitrogen and oxygen atoms in total. The van der Waals surface area contributed by atoms with Crippen molar-refractivity contribution in [3.63, 3.8) is 0 Å². The molecule has 0 fully saturated rings. The van der Waals surface area contributed by atoms with Crippen LogP contribution in [0.25, 0.3) is 43.4 Å². The van der Waals surface area contributed by atoms with Gasteiger partial charge in [-0.3, -0.25) is 0 Å². The van der Waals surface area contributed by atoms with Crippen molar-refractivity contribution in [2.45, 2.75) is 0 Å². The number of methoxy groups -OCH3 is 1. The normalized spacial score (nSPS) is 11.3. The fourth-order valence-corrected chi connectivity index (χ4v) is 3.87. The van der Waals surface area contributed by atoms with E-state index in [1.165, 1.54) is 43.4 Å². The Morgan fingerprint density at radius 1 is 0.462 bits per heavy atom. The Balaban J connectivity index is 1.85. The maximum Gasteiger partial charge on any atom is 0.118 e. The minimum absolute atomic E-state index is 0.881. The highest BCUT2D eigenvalue weighted by Gasteiger charge is 2.09. The second kappa shape index (κ2) is 5.89. The molecule has 0 aliphatic rings. The van der Waals surface area contributed by atoms with Crippen LogP contribution < -0.4 is 4.74 Å². The number of rotatable bonds is 2. The Labute approximate surface area is 152 Å². The van der Waals surface area contributed by atoms with Crippen LogP contribution in [0.1, 0.15) is 0 Å². The smallest absolute Gasteiger partial charge is 0.118 e. The third-order valence-electron chi connectivity index (χ3n) is 5.17. The first kappa shape index (κ1) is 15.0. The molecular weight excluding hydrogens is 316 g/mol. The third kappa shape index (κ3) is 2.25. The summed E-state index contributed by atoms with van der Waals surface area (Å²) in [6, 6.07) is 32.4. The summed E-state index contributed by atoms with van der Waals surface area (Å²) in [4.78, 5) is 0. The summed E-state index contributed by atoms with van der Waals surface area (Å²) in [5.74, 6) is 0.881. The van der Waals surface area contributed by atoms with Crippen LogP contribution in [-0.4, -0.2) is 7.11 Å². The van der Waals surface area contributed by atoms with Gasteiger partial charge in [0.25, 0.3) is 0 Å². The molecule has 0 atom stereocenters. The fourth-order valence-electron chi connectivity index (χ4n) is 3.87. The van der Waals surface area contributed by atoms with E-state index < -0.39 is 0 Å². The zero-order chi connectivity index (χ0) is 17.5. The molecule has 5 aromatic carbocycles. The van der Waals surface area contributed by atoms with Gasteiger partial charge in [-0.1, -0.05) is 72.8 Å². The summed E-state index contributed by atoms with van der Waals surface area (Å²) in [5, 5.41) is 7.83. The molecule has 0 radical (unpaired) electrons. The molecule has 1 heteroatoms. The van der Waals surface area contributed by atoms with E-state index in [0.717, 1.165) is 5.75 Å². The second-order valence-electron chi connectivity index (χ2n) is 6.58. The van der Waals surface area contributed by atoms with Crippen LogP contribution in [-0.2, 0) is 0 Å². The lowest BCUT2D eigenvalue weighted by Gasteiger charge is -2.12. The summed E-state index contributed by atoms with van der Waals surface area (Å²) >= 11 is 0. The molecule has 0 N–H and O–H groups in total. The van der Waals surface area contributed by atoms with E-state index in [9.17, 15) is 0 Å². The average molecular weight is 334 g/mol. The Morgan fingerprint density at radius 2 is 0.923 bits per heavy atom. The molecule has 0 bridgehead atoms. The van der Waals surface area contributed by atoms with E-state index in [4.69, 9.17) is 4.74 Å². The minimum atomic E-state index is 0.881. The number of fused-ring (bicyclic) bond motifs is 6. The zero-order valence-corrected chi connectivity index (χ0v) is 14.6. The Kier molecular flexibility index (Phi) is 3.39. The van der Waals surface area contributed by atoms with Crippen LogP contribution in [0.4, 0.5) is 0 Å². The molecule has 0 spiro atoms. The van der Waals surface area contributed by atoms with E-state index in [1.54, 1.807) is 7.11 Å². The Morgan fingerprint density at radius 3 is 1.46 bits per heavy atom. The van der Waals surface area contributed by atoms with Crippen molar-refractivity contribution in [1.82, 2.24) is 0 Å². The number of hydrogen-bond donors (Lipinski definition) is 0. The lowest BCUT2D eigenvalue weighted by molar-refractivity contribution is 0.415. The Bertz CT molecular complexity index is 1210. The highest BCUT2D eigenvalue weighted by atomic mass is 16.5. The van der Waals surface area contributed by atoms with Crippen LogP contribution in [0.3, 0.4) is 0 Å². The first-order valence-electron chi connectivity index (χ1n) is 8.83. The molecular formula is C25H18O. The molecule has 124 valence electrons. The summed E-state index contributed by atoms with van der Waals surface area (Å²) in [6.07, 6.45) is 0. The molecule has 0 amide bonds. The van der Waals surface area contributed by atoms with Gasteiger partial charge in [-0.2, -0.15) is 0 Å². The number of hydrogen-bond acceptors (Lipinski definition) is 1. The van der Waals surface area contributed by atoms with Crippen molar-refractivity contribution in [1.29, 1.82) is 0 Å². The first-order chi connectivity index (χ1) is 12.8. The van der Waals surface area contributed by atoms with Gasteiger partial charge in [-0.05, 0) is 61.6 Å². The van der Waals surface area contributed by atoms with Gasteiger partial charge in [0.05, 0.1) is 7.11 Å². The van der Waals surface area contributed by atoms with Crippen molar-refractivity contribution in [2.24, 2.45) is 0 Å². The highest BCUT2D eigenvalue weighted by Crippen LogP contribution is 2.37. The van der Waals surface area contributed by atoms with Crippen molar-refractivity contribution in [3.05, 3.63) is 91.0 Å². The van der Waals surface area contributed by atoms with E-state index in [1.807, 2.05) is 12.1 Å². The topological polar surface area (TPSA) is 9.23 Å². The molecule has 0 unspecified atom stereocenters. The number of ether oxygens (including phenoxy) is 1. The zero-order valence-electron chi connectivity index (χ0n) is 14.6. The van der Waals surface area contributed by atoms with E-state index in [-0.39, 0.29) is 0 Å². The molecule has 0 aromatic heterocycles. The maximum absolute atomic E-state index is 5.28. The van der Waals surface area contributed by atoms with Gasteiger partial charge in [0.15, 0.2) is 0 Å². The van der Waals surface area contributed by atoms with E-state index in [0.29, 0.717) is 0 Å². The van der Waals surface area contributed by atoms with Gasteiger partial charge in [0.1, 0.15) is 5.75 Å². The quantitative estimate of drug-likeness (QED) is 0.322. The number of benzene rings is 5. The van der Waals surface area contributed by atoms with Crippen molar-refractivity contribution in [2.75, 3.05) is 7.11 Å². The molecule has 5 aromatic rings. The molecule has 0 saturated carbocycles. The lowest BCUT2D eigenvalue weighted by atomic mass is 9.92. The lowest BCUT2D eigenvalue weighted by Crippen LogP contribution is -1.85. The Hall–Kier alpha value is -3.32. The van der Waals surface area contributed by atoms with Gasteiger partial charge < -0.3 is 4.74 Å². The van der Waals surface area contributed by atoms with Crippen molar-refractivity contribution >= 4 is 32.3 Å². The first-order valence-corrected chi connectivity index (χ1v) is 8.83. The molecule has 5 rings (SSSR count). The summed E-state index contributed by atoms with van der Waals surface area (Å²) in [6.45, 7) is 0. The molecule has 26 heavy (non-hydrogen) atoms. The molecule has 0 heterocycles. The van der Waals surface area contributed by atoms with E-state index in [2.05, 4.69) is 78.9 Å². The molecule has 0 saturated heterocycles. The third-order valence-corrected chi connectivity index (χ3v) is 5.17. The SMILES string of the molecule is COc1ccc(-c2ccc3c4ccccc4c4ccccc4c3c2)cc1. The highest BCUT2D eigenvalue weighted by molar-refractivity contribution is 6.25. The fraction of sp³-hybridized carbons (Fsp3) is 0.0400. The second-order valence-corrected chi connectivity index (χ2v) is 6.58. The van der Waals surface area contributed by atoms with Crippen LogP contribution in [0.15, 0.2) is 91.0 Å². The summed E-state index contributed by atoms with van der Waals surface area (Å²) in [5.41, 5.74) is 2.42. The van der Waals surface area contributed by atoms with Crippen LogP contribution in [0, 0.1) is 0 Å². The predicted molar refractivity (Wildman–Crippen MR) is 111 cm³/mol. The van der Waals surface area contributed by atoms with Crippen LogP contribution in [0.2, 0.25) is 0 Å². The van der Waals surface area contributed by atoms with Gasteiger partial charge in [-0.25, -0.2) is 0 Å². The monoisotopic (exact) mass is 334 g/mol. The standard InChI is InChI=1S/C25H18O/c1-26-19-13-10-17(11-14-19)18-12-15-24-22-8-3-2-6-20(22)21-7-4-5-9-23(21)25(24)16-18/h2-16H,1H3. The van der Waals surface area contributed by atoms with Crippen molar-refractivity contribution in [3.8, 4) is 16.9 Å². The largest absolute Gasteiger partial charge is 0.497 e. The minimum Gasteiger partial charge on any atom is -0.497 e. The van der Waals surface area contributed by atoms with Gasteiger partial charge >= 0.3 is 0 Å². The van der Waals surface area contributed by atoms with Crippen LogP contribution in [0.5, 0.6) is 5.75 Å². The summed E-state index contributed by atoms with van der Waals surface area (Å²) < 4.78 is 5.28. The van der Waals surface area contributed by atoms with Gasteiger partial charge in [0.2, 0.25) is 0 Å². The van der Waals surface area contributed by atoms with E-state index >= 15 is 0 Å². The van der Waals surface area contributed by atoms with Crippen LogP contribution >= 0.6 is 0 Å². The average Bonchev–Trinajstić information content (AvgIpc) is 2.74.